The average Bonchev–Trinajstić information content (AvgIpc) is 2.83. The lowest BCUT2D eigenvalue weighted by Crippen LogP contribution is -2.41. The van der Waals surface area contributed by atoms with E-state index in [1.54, 1.807) is 0 Å². The summed E-state index contributed by atoms with van der Waals surface area (Å²) in [5.74, 6) is 0.573. The minimum absolute atomic E-state index is 0.0662. The van der Waals surface area contributed by atoms with E-state index in [4.69, 9.17) is 0 Å². The maximum atomic E-state index is 12.2. The van der Waals surface area contributed by atoms with Crippen molar-refractivity contribution in [3.05, 3.63) is 34.4 Å². The molecule has 3 unspecified atom stereocenters. The van der Waals surface area contributed by atoms with Crippen LogP contribution in [0.25, 0.3) is 0 Å². The summed E-state index contributed by atoms with van der Waals surface area (Å²) in [6.07, 6.45) is 0.256. The number of aliphatic hydroxyl groups excluding tert-OH is 1. The highest BCUT2D eigenvalue weighted by Gasteiger charge is 2.28. The summed E-state index contributed by atoms with van der Waals surface area (Å²) in [5.41, 5.74) is -0.175. The number of non-ortho nitro benzene ring substituents is 1. The van der Waals surface area contributed by atoms with Gasteiger partial charge in [-0.1, -0.05) is 6.92 Å². The average molecular weight is 357 g/mol. The molecule has 2 N–H and O–H groups in total. The first-order chi connectivity index (χ1) is 11.2. The second kappa shape index (κ2) is 7.56. The van der Waals surface area contributed by atoms with Gasteiger partial charge in [-0.2, -0.15) is 0 Å². The van der Waals surface area contributed by atoms with Crippen molar-refractivity contribution in [3.63, 3.8) is 0 Å². The first-order valence-corrected chi connectivity index (χ1v) is 9.33. The number of likely N-dealkylation sites (tertiary alicyclic amines) is 1. The van der Waals surface area contributed by atoms with Crippen LogP contribution in [-0.4, -0.2) is 55.1 Å². The fourth-order valence-corrected chi connectivity index (χ4v) is 4.09. The Balaban J connectivity index is 1.91. The molecule has 8 nitrogen and oxygen atoms in total. The monoisotopic (exact) mass is 357 g/mol. The molecule has 1 heterocycles. The van der Waals surface area contributed by atoms with Crippen LogP contribution in [0.4, 0.5) is 5.69 Å². The summed E-state index contributed by atoms with van der Waals surface area (Å²) < 4.78 is 26.7. The van der Waals surface area contributed by atoms with E-state index in [0.29, 0.717) is 18.5 Å². The van der Waals surface area contributed by atoms with Crippen LogP contribution in [0.5, 0.6) is 0 Å². The summed E-state index contributed by atoms with van der Waals surface area (Å²) in [5, 5.41) is 20.7. The maximum Gasteiger partial charge on any atom is 0.269 e. The molecule has 0 bridgehead atoms. The van der Waals surface area contributed by atoms with E-state index in [0.717, 1.165) is 25.1 Å². The molecule has 3 atom stereocenters. The summed E-state index contributed by atoms with van der Waals surface area (Å²) in [6.45, 7) is 5.45. The number of sulfonamides is 1. The molecule has 1 fully saturated rings. The Labute approximate surface area is 141 Å². The van der Waals surface area contributed by atoms with Gasteiger partial charge >= 0.3 is 0 Å². The van der Waals surface area contributed by atoms with Crippen molar-refractivity contribution in [1.29, 1.82) is 0 Å². The molecule has 0 radical (unpaired) electrons. The number of nitro groups is 1. The molecule has 134 valence electrons. The first kappa shape index (κ1) is 18.8. The Morgan fingerprint density at radius 3 is 2.50 bits per heavy atom. The zero-order valence-electron chi connectivity index (χ0n) is 13.8. The normalized spacial score (nSPS) is 23.3. The zero-order chi connectivity index (χ0) is 17.9. The van der Waals surface area contributed by atoms with Crippen molar-refractivity contribution in [3.8, 4) is 0 Å². The smallest absolute Gasteiger partial charge is 0.269 e. The van der Waals surface area contributed by atoms with Gasteiger partial charge in [-0.3, -0.25) is 15.0 Å². The topological polar surface area (TPSA) is 113 Å². The zero-order valence-corrected chi connectivity index (χ0v) is 14.6. The van der Waals surface area contributed by atoms with Crippen LogP contribution < -0.4 is 4.72 Å². The molecule has 9 heteroatoms. The lowest BCUT2D eigenvalue weighted by molar-refractivity contribution is -0.384. The van der Waals surface area contributed by atoms with E-state index in [2.05, 4.69) is 23.5 Å². The molecule has 1 aromatic rings. The number of rotatable bonds is 7. The molecule has 1 aliphatic rings. The minimum Gasteiger partial charge on any atom is -0.390 e. The summed E-state index contributed by atoms with van der Waals surface area (Å²) in [4.78, 5) is 12.1. The van der Waals surface area contributed by atoms with Gasteiger partial charge in [0.25, 0.3) is 5.69 Å². The number of hydrogen-bond donors (Lipinski definition) is 2. The lowest BCUT2D eigenvalue weighted by atomic mass is 10.1. The van der Waals surface area contributed by atoms with Gasteiger partial charge in [0.1, 0.15) is 0 Å². The van der Waals surface area contributed by atoms with E-state index < -0.39 is 21.1 Å². The van der Waals surface area contributed by atoms with E-state index in [9.17, 15) is 23.6 Å². The van der Waals surface area contributed by atoms with Crippen molar-refractivity contribution in [2.24, 2.45) is 5.92 Å². The lowest BCUT2D eigenvalue weighted by Gasteiger charge is -2.24. The summed E-state index contributed by atoms with van der Waals surface area (Å²) >= 11 is 0. The molecule has 1 aromatic carbocycles. The van der Waals surface area contributed by atoms with Crippen molar-refractivity contribution in [1.82, 2.24) is 9.62 Å². The number of aliphatic hydroxyl groups is 1. The molecule has 0 amide bonds. The highest BCUT2D eigenvalue weighted by Crippen LogP contribution is 2.22. The highest BCUT2D eigenvalue weighted by molar-refractivity contribution is 7.89. The van der Waals surface area contributed by atoms with Crippen LogP contribution in [-0.2, 0) is 10.0 Å². The third-order valence-electron chi connectivity index (χ3n) is 4.23. The third-order valence-corrected chi connectivity index (χ3v) is 5.66. The van der Waals surface area contributed by atoms with Gasteiger partial charge < -0.3 is 5.11 Å². The Kier molecular flexibility index (Phi) is 5.92. The van der Waals surface area contributed by atoms with Gasteiger partial charge in [0.05, 0.1) is 15.9 Å². The molecular formula is C15H23N3O5S. The summed E-state index contributed by atoms with van der Waals surface area (Å²) in [7, 11) is -3.81. The molecule has 0 spiro atoms. The van der Waals surface area contributed by atoms with Gasteiger partial charge in [0.2, 0.25) is 10.0 Å². The van der Waals surface area contributed by atoms with Crippen LogP contribution in [0.3, 0.4) is 0 Å². The number of nitrogens with one attached hydrogen (secondary N) is 1. The van der Waals surface area contributed by atoms with Crippen LogP contribution in [0.1, 0.15) is 20.3 Å². The number of nitrogens with zero attached hydrogens (tertiary/aromatic N) is 2. The molecule has 0 saturated carbocycles. The molecule has 0 aliphatic carbocycles. The largest absolute Gasteiger partial charge is 0.390 e. The van der Waals surface area contributed by atoms with Crippen LogP contribution in [0.2, 0.25) is 0 Å². The standard InChI is InChI=1S/C15H23N3O5S/c1-11-7-12(2)17(9-11)10-14(19)8-16-24(22,23)15-5-3-13(4-6-15)18(20)21/h3-6,11-12,14,16,19H,7-10H2,1-2H3. The van der Waals surface area contributed by atoms with Gasteiger partial charge in [0, 0.05) is 37.8 Å². The predicted octanol–water partition coefficient (Wildman–Crippen LogP) is 0.964. The Morgan fingerprint density at radius 1 is 1.38 bits per heavy atom. The fourth-order valence-electron chi connectivity index (χ4n) is 3.01. The number of benzene rings is 1. The fraction of sp³-hybridized carbons (Fsp3) is 0.600. The van der Waals surface area contributed by atoms with Gasteiger partial charge in [-0.25, -0.2) is 13.1 Å². The Morgan fingerprint density at radius 2 is 2.00 bits per heavy atom. The Bertz CT molecular complexity index is 677. The quantitative estimate of drug-likeness (QED) is 0.555. The van der Waals surface area contributed by atoms with Crippen molar-refractivity contribution in [2.45, 2.75) is 37.3 Å². The van der Waals surface area contributed by atoms with E-state index in [1.165, 1.54) is 12.1 Å². The third kappa shape index (κ3) is 4.73. The second-order valence-corrected chi connectivity index (χ2v) is 8.17. The van der Waals surface area contributed by atoms with Crippen molar-refractivity contribution < 1.29 is 18.4 Å². The van der Waals surface area contributed by atoms with Crippen LogP contribution >= 0.6 is 0 Å². The molecule has 2 rings (SSSR count). The van der Waals surface area contributed by atoms with E-state index >= 15 is 0 Å². The second-order valence-electron chi connectivity index (χ2n) is 6.40. The molecule has 24 heavy (non-hydrogen) atoms. The van der Waals surface area contributed by atoms with Crippen molar-refractivity contribution in [2.75, 3.05) is 19.6 Å². The van der Waals surface area contributed by atoms with Crippen molar-refractivity contribution >= 4 is 15.7 Å². The van der Waals surface area contributed by atoms with E-state index in [1.807, 2.05) is 0 Å². The number of β-amino-alcohol motifs (C(OH)–C–C–N with tert-alkyl or cyclic N) is 1. The molecule has 0 aromatic heterocycles. The molecule has 1 aliphatic heterocycles. The predicted molar refractivity (Wildman–Crippen MR) is 89.1 cm³/mol. The van der Waals surface area contributed by atoms with Crippen LogP contribution in [0.15, 0.2) is 29.2 Å². The van der Waals surface area contributed by atoms with Gasteiger partial charge in [0.15, 0.2) is 0 Å². The Hall–Kier alpha value is -1.55. The SMILES string of the molecule is CC1CC(C)N(CC(O)CNS(=O)(=O)c2ccc([N+](=O)[O-])cc2)C1. The summed E-state index contributed by atoms with van der Waals surface area (Å²) in [6, 6.07) is 5.01. The highest BCUT2D eigenvalue weighted by atomic mass is 32.2. The number of nitro benzene ring substituents is 1. The molecule has 1 saturated heterocycles. The molecular weight excluding hydrogens is 334 g/mol. The van der Waals surface area contributed by atoms with Crippen LogP contribution in [0, 0.1) is 16.0 Å². The maximum absolute atomic E-state index is 12.2. The minimum atomic E-state index is -3.81. The van der Waals surface area contributed by atoms with Gasteiger partial charge in [-0.15, -0.1) is 0 Å². The van der Waals surface area contributed by atoms with E-state index in [-0.39, 0.29) is 17.1 Å². The number of hydrogen-bond acceptors (Lipinski definition) is 6. The van der Waals surface area contributed by atoms with Gasteiger partial charge in [-0.05, 0) is 31.4 Å². The first-order valence-electron chi connectivity index (χ1n) is 7.85.